The molecule has 0 saturated carbocycles. The molecule has 26 heavy (non-hydrogen) atoms. The van der Waals surface area contributed by atoms with E-state index in [-0.39, 0.29) is 29.7 Å². The maximum Gasteiger partial charge on any atom is 0.240 e. The van der Waals surface area contributed by atoms with E-state index >= 15 is 0 Å². The monoisotopic (exact) mass is 427 g/mol. The Kier molecular flexibility index (Phi) is 9.99. The molecule has 0 amide bonds. The number of halogens is 2. The first-order valence-electron chi connectivity index (χ1n) is 8.47. The van der Waals surface area contributed by atoms with Gasteiger partial charge in [-0.15, -0.1) is 24.8 Å². The van der Waals surface area contributed by atoms with Crippen LogP contribution in [0.4, 0.5) is 0 Å². The van der Waals surface area contributed by atoms with Crippen molar-refractivity contribution >= 4 is 34.8 Å². The molecule has 3 rings (SSSR count). The van der Waals surface area contributed by atoms with Crippen LogP contribution in [0.1, 0.15) is 12.8 Å². The molecule has 10 heteroatoms. The van der Waals surface area contributed by atoms with E-state index in [9.17, 15) is 8.42 Å². The summed E-state index contributed by atoms with van der Waals surface area (Å²) >= 11 is 0. The van der Waals surface area contributed by atoms with Crippen LogP contribution >= 0.6 is 24.8 Å². The number of fused-ring (bicyclic) bond motifs is 1. The van der Waals surface area contributed by atoms with Crippen molar-refractivity contribution < 1.29 is 17.9 Å². The lowest BCUT2D eigenvalue weighted by molar-refractivity contribution is 0.239. The lowest BCUT2D eigenvalue weighted by Crippen LogP contribution is -2.44. The second kappa shape index (κ2) is 11.2. The molecule has 2 heterocycles. The molecule has 2 N–H and O–H groups in total. The Labute approximate surface area is 167 Å². The molecular formula is C16H27Cl2N3O4S. The maximum atomic E-state index is 12.4. The molecule has 1 fully saturated rings. The molecule has 2 aliphatic heterocycles. The summed E-state index contributed by atoms with van der Waals surface area (Å²) in [4.78, 5) is 2.56. The SMILES string of the molecule is Cl.Cl.O=S(=O)(NCCCN1CCNCC1)c1ccc2c(c1)OCCCO2. The Morgan fingerprint density at radius 2 is 1.77 bits per heavy atom. The predicted octanol–water partition coefficient (Wildman–Crippen LogP) is 1.27. The number of nitrogens with one attached hydrogen (secondary N) is 2. The van der Waals surface area contributed by atoms with Gasteiger partial charge in [0.2, 0.25) is 10.0 Å². The first kappa shape index (κ1) is 23.3. The fourth-order valence-electron chi connectivity index (χ4n) is 2.84. The zero-order chi connectivity index (χ0) is 16.8. The molecule has 2 aliphatic rings. The Balaban J connectivity index is 0.00000169. The van der Waals surface area contributed by atoms with Crippen LogP contribution in [0.2, 0.25) is 0 Å². The Bertz CT molecular complexity index is 655. The summed E-state index contributed by atoms with van der Waals surface area (Å²) in [5.74, 6) is 1.10. The summed E-state index contributed by atoms with van der Waals surface area (Å²) in [6.45, 7) is 6.51. The van der Waals surface area contributed by atoms with Crippen molar-refractivity contribution in [2.24, 2.45) is 0 Å². The van der Waals surface area contributed by atoms with Crippen LogP contribution in [-0.4, -0.2) is 65.8 Å². The van der Waals surface area contributed by atoms with Gasteiger partial charge < -0.3 is 19.7 Å². The van der Waals surface area contributed by atoms with E-state index in [0.29, 0.717) is 31.3 Å². The van der Waals surface area contributed by atoms with Gasteiger partial charge in [-0.2, -0.15) is 0 Å². The normalized spacial score (nSPS) is 17.5. The smallest absolute Gasteiger partial charge is 0.240 e. The summed E-state index contributed by atoms with van der Waals surface area (Å²) in [6.07, 6.45) is 1.59. The van der Waals surface area contributed by atoms with Crippen molar-refractivity contribution in [3.05, 3.63) is 18.2 Å². The summed E-state index contributed by atoms with van der Waals surface area (Å²) in [5.41, 5.74) is 0. The van der Waals surface area contributed by atoms with E-state index in [4.69, 9.17) is 9.47 Å². The van der Waals surface area contributed by atoms with Crippen molar-refractivity contribution in [1.82, 2.24) is 14.9 Å². The third-order valence-corrected chi connectivity index (χ3v) is 5.64. The lowest BCUT2D eigenvalue weighted by Gasteiger charge is -2.27. The van der Waals surface area contributed by atoms with E-state index in [1.165, 1.54) is 0 Å². The van der Waals surface area contributed by atoms with E-state index in [2.05, 4.69) is 14.9 Å². The van der Waals surface area contributed by atoms with Crippen LogP contribution in [0.5, 0.6) is 11.5 Å². The van der Waals surface area contributed by atoms with Gasteiger partial charge in [0.1, 0.15) is 0 Å². The van der Waals surface area contributed by atoms with E-state index in [1.807, 2.05) is 0 Å². The number of piperazine rings is 1. The minimum absolute atomic E-state index is 0. The predicted molar refractivity (Wildman–Crippen MR) is 106 cm³/mol. The molecule has 0 atom stereocenters. The van der Waals surface area contributed by atoms with Gasteiger partial charge in [0.05, 0.1) is 18.1 Å². The fraction of sp³-hybridized carbons (Fsp3) is 0.625. The number of rotatable bonds is 6. The molecular weight excluding hydrogens is 401 g/mol. The molecule has 150 valence electrons. The highest BCUT2D eigenvalue weighted by molar-refractivity contribution is 7.89. The van der Waals surface area contributed by atoms with Gasteiger partial charge in [-0.1, -0.05) is 0 Å². The Morgan fingerprint density at radius 3 is 2.50 bits per heavy atom. The number of sulfonamides is 1. The van der Waals surface area contributed by atoms with Crippen LogP contribution in [0, 0.1) is 0 Å². The molecule has 1 aromatic carbocycles. The van der Waals surface area contributed by atoms with Gasteiger partial charge in [0.15, 0.2) is 11.5 Å². The van der Waals surface area contributed by atoms with Crippen molar-refractivity contribution in [3.63, 3.8) is 0 Å². The summed E-state index contributed by atoms with van der Waals surface area (Å²) in [6, 6.07) is 4.77. The zero-order valence-corrected chi connectivity index (χ0v) is 17.1. The van der Waals surface area contributed by atoms with Gasteiger partial charge in [-0.25, -0.2) is 13.1 Å². The minimum atomic E-state index is -3.53. The van der Waals surface area contributed by atoms with Gasteiger partial charge in [0, 0.05) is 45.2 Å². The highest BCUT2D eigenvalue weighted by atomic mass is 35.5. The van der Waals surface area contributed by atoms with E-state index in [0.717, 1.165) is 45.6 Å². The first-order valence-corrected chi connectivity index (χ1v) is 9.96. The highest BCUT2D eigenvalue weighted by Crippen LogP contribution is 2.31. The highest BCUT2D eigenvalue weighted by Gasteiger charge is 2.18. The number of hydrogen-bond acceptors (Lipinski definition) is 6. The molecule has 1 saturated heterocycles. The van der Waals surface area contributed by atoms with Crippen LogP contribution < -0.4 is 19.5 Å². The van der Waals surface area contributed by atoms with Crippen LogP contribution in [-0.2, 0) is 10.0 Å². The maximum absolute atomic E-state index is 12.4. The molecule has 0 aromatic heterocycles. The molecule has 0 unspecified atom stereocenters. The zero-order valence-electron chi connectivity index (χ0n) is 14.6. The summed E-state index contributed by atoms with van der Waals surface area (Å²) < 4.78 is 38.6. The topological polar surface area (TPSA) is 79.9 Å². The molecule has 7 nitrogen and oxygen atoms in total. The fourth-order valence-corrected chi connectivity index (χ4v) is 3.93. The minimum Gasteiger partial charge on any atom is -0.490 e. The van der Waals surface area contributed by atoms with Crippen LogP contribution in [0.3, 0.4) is 0 Å². The van der Waals surface area contributed by atoms with Gasteiger partial charge in [-0.05, 0) is 25.1 Å². The van der Waals surface area contributed by atoms with Crippen molar-refractivity contribution in [1.29, 1.82) is 0 Å². The average molecular weight is 428 g/mol. The quantitative estimate of drug-likeness (QED) is 0.665. The van der Waals surface area contributed by atoms with Gasteiger partial charge in [0.25, 0.3) is 0 Å². The third kappa shape index (κ3) is 6.44. The Morgan fingerprint density at radius 1 is 1.08 bits per heavy atom. The number of ether oxygens (including phenoxy) is 2. The molecule has 0 aliphatic carbocycles. The second-order valence-corrected chi connectivity index (χ2v) is 7.77. The summed E-state index contributed by atoms with van der Waals surface area (Å²) in [7, 11) is -3.53. The van der Waals surface area contributed by atoms with Crippen molar-refractivity contribution in [2.75, 3.05) is 52.5 Å². The average Bonchev–Trinajstić information content (AvgIpc) is 2.84. The lowest BCUT2D eigenvalue weighted by atomic mass is 10.3. The molecule has 1 aromatic rings. The number of hydrogen-bond donors (Lipinski definition) is 2. The van der Waals surface area contributed by atoms with E-state index < -0.39 is 10.0 Å². The molecule has 0 spiro atoms. The number of nitrogens with zero attached hydrogens (tertiary/aromatic N) is 1. The first-order chi connectivity index (χ1) is 11.6. The van der Waals surface area contributed by atoms with E-state index in [1.54, 1.807) is 18.2 Å². The summed E-state index contributed by atoms with van der Waals surface area (Å²) in [5, 5.41) is 3.30. The largest absolute Gasteiger partial charge is 0.490 e. The standard InChI is InChI=1S/C16H25N3O4S.2ClH/c20-24(21,18-5-1-8-19-9-6-17-7-10-19)14-3-4-15-16(13-14)23-12-2-11-22-15;;/h3-4,13,17-18H,1-2,5-12H2;2*1H. The van der Waals surface area contributed by atoms with Gasteiger partial charge in [-0.3, -0.25) is 0 Å². The van der Waals surface area contributed by atoms with Crippen molar-refractivity contribution in [3.8, 4) is 11.5 Å². The van der Waals surface area contributed by atoms with Crippen LogP contribution in [0.25, 0.3) is 0 Å². The van der Waals surface area contributed by atoms with Gasteiger partial charge >= 0.3 is 0 Å². The molecule has 0 bridgehead atoms. The molecule has 0 radical (unpaired) electrons. The number of benzene rings is 1. The Hall–Kier alpha value is -0.770. The van der Waals surface area contributed by atoms with Crippen LogP contribution in [0.15, 0.2) is 23.1 Å². The third-order valence-electron chi connectivity index (χ3n) is 4.18. The van der Waals surface area contributed by atoms with Crippen molar-refractivity contribution in [2.45, 2.75) is 17.7 Å². The second-order valence-electron chi connectivity index (χ2n) is 6.00.